The van der Waals surface area contributed by atoms with Crippen molar-refractivity contribution in [1.82, 2.24) is 14.8 Å². The van der Waals surface area contributed by atoms with E-state index in [4.69, 9.17) is 5.73 Å². The zero-order valence-corrected chi connectivity index (χ0v) is 16.5. The Hall–Kier alpha value is -2.31. The summed E-state index contributed by atoms with van der Waals surface area (Å²) in [6, 6.07) is 9.19. The van der Waals surface area contributed by atoms with Gasteiger partial charge in [-0.15, -0.1) is 24.8 Å². The molecular formula is C18H23Cl2N5O. The van der Waals surface area contributed by atoms with Gasteiger partial charge in [0.15, 0.2) is 5.65 Å². The molecule has 0 saturated carbocycles. The lowest BCUT2D eigenvalue weighted by Gasteiger charge is -2.12. The number of aryl methyl sites for hydroxylation is 1. The average Bonchev–Trinajstić information content (AvgIpc) is 2.99. The van der Waals surface area contributed by atoms with Crippen molar-refractivity contribution in [3.05, 3.63) is 47.8 Å². The largest absolute Gasteiger partial charge is 0.397 e. The first-order valence-corrected chi connectivity index (χ1v) is 8.02. The third-order valence-corrected chi connectivity index (χ3v) is 4.16. The maximum atomic E-state index is 12.7. The molecule has 8 heteroatoms. The van der Waals surface area contributed by atoms with Crippen molar-refractivity contribution >= 4 is 53.1 Å². The van der Waals surface area contributed by atoms with Gasteiger partial charge in [-0.2, -0.15) is 5.10 Å². The molecule has 0 spiro atoms. The number of carbonyl (C=O) groups is 1. The van der Waals surface area contributed by atoms with E-state index in [2.05, 4.69) is 29.2 Å². The summed E-state index contributed by atoms with van der Waals surface area (Å²) < 4.78 is 1.87. The van der Waals surface area contributed by atoms with Gasteiger partial charge in [0.1, 0.15) is 0 Å². The number of hydrogen-bond donors (Lipinski definition) is 2. The fourth-order valence-electron chi connectivity index (χ4n) is 2.63. The Morgan fingerprint density at radius 3 is 2.65 bits per heavy atom. The van der Waals surface area contributed by atoms with Gasteiger partial charge >= 0.3 is 0 Å². The number of halogens is 2. The molecular weight excluding hydrogens is 373 g/mol. The maximum absolute atomic E-state index is 12.7. The average molecular weight is 396 g/mol. The van der Waals surface area contributed by atoms with Crippen molar-refractivity contribution in [1.29, 1.82) is 0 Å². The third-order valence-electron chi connectivity index (χ3n) is 4.16. The molecule has 0 saturated heterocycles. The summed E-state index contributed by atoms with van der Waals surface area (Å²) in [7, 11) is 0. The van der Waals surface area contributed by atoms with Crippen LogP contribution in [-0.4, -0.2) is 20.7 Å². The minimum Gasteiger partial charge on any atom is -0.397 e. The number of carbonyl (C=O) groups excluding carboxylic acids is 1. The van der Waals surface area contributed by atoms with Gasteiger partial charge < -0.3 is 11.1 Å². The number of nitrogens with zero attached hydrogens (tertiary/aromatic N) is 3. The van der Waals surface area contributed by atoms with Crippen molar-refractivity contribution in [2.75, 3.05) is 11.1 Å². The summed E-state index contributed by atoms with van der Waals surface area (Å²) in [5, 5.41) is 8.04. The second-order valence-corrected chi connectivity index (χ2v) is 5.94. The summed E-state index contributed by atoms with van der Waals surface area (Å²) in [6.45, 7) is 6.06. The zero-order valence-electron chi connectivity index (χ0n) is 14.9. The van der Waals surface area contributed by atoms with E-state index in [9.17, 15) is 4.79 Å². The molecule has 3 aromatic rings. The summed E-state index contributed by atoms with van der Waals surface area (Å²) in [5.74, 6) is -0.216. The summed E-state index contributed by atoms with van der Waals surface area (Å²) in [6.07, 6.45) is 2.64. The van der Waals surface area contributed by atoms with Crippen LogP contribution in [0.1, 0.15) is 42.4 Å². The second-order valence-electron chi connectivity index (χ2n) is 5.94. The Kier molecular flexibility index (Phi) is 7.41. The molecule has 2 aromatic heterocycles. The lowest BCUT2D eigenvalue weighted by molar-refractivity contribution is 0.102. The molecule has 0 aliphatic carbocycles. The van der Waals surface area contributed by atoms with E-state index in [1.54, 1.807) is 24.4 Å². The van der Waals surface area contributed by atoms with Gasteiger partial charge in [0.05, 0.1) is 34.6 Å². The Morgan fingerprint density at radius 2 is 2.00 bits per heavy atom. The molecule has 1 atom stereocenters. The minimum atomic E-state index is -0.216. The van der Waals surface area contributed by atoms with Gasteiger partial charge in [0, 0.05) is 5.69 Å². The third kappa shape index (κ3) is 4.08. The van der Waals surface area contributed by atoms with Crippen molar-refractivity contribution in [2.45, 2.75) is 33.2 Å². The highest BCUT2D eigenvalue weighted by Gasteiger charge is 2.18. The summed E-state index contributed by atoms with van der Waals surface area (Å²) in [5.41, 5.74) is 9.10. The number of rotatable bonds is 4. The number of para-hydroxylation sites is 2. The number of hydrogen-bond acceptors (Lipinski definition) is 4. The Bertz CT molecular complexity index is 910. The van der Waals surface area contributed by atoms with E-state index >= 15 is 0 Å². The van der Waals surface area contributed by atoms with E-state index in [0.717, 1.165) is 23.1 Å². The maximum Gasteiger partial charge on any atom is 0.256 e. The number of anilines is 2. The fourth-order valence-corrected chi connectivity index (χ4v) is 2.63. The first-order valence-electron chi connectivity index (χ1n) is 8.02. The van der Waals surface area contributed by atoms with Crippen molar-refractivity contribution in [3.8, 4) is 0 Å². The summed E-state index contributed by atoms with van der Waals surface area (Å²) >= 11 is 0. The predicted molar refractivity (Wildman–Crippen MR) is 111 cm³/mol. The van der Waals surface area contributed by atoms with E-state index in [1.165, 1.54) is 0 Å². The smallest absolute Gasteiger partial charge is 0.256 e. The molecule has 0 radical (unpaired) electrons. The summed E-state index contributed by atoms with van der Waals surface area (Å²) in [4.78, 5) is 17.3. The number of nitrogens with one attached hydrogen (secondary N) is 1. The first-order chi connectivity index (χ1) is 11.5. The number of nitrogens with two attached hydrogens (primary N) is 1. The Morgan fingerprint density at radius 1 is 1.31 bits per heavy atom. The quantitative estimate of drug-likeness (QED) is 0.641. The molecule has 3 N–H and O–H groups in total. The minimum absolute atomic E-state index is 0. The van der Waals surface area contributed by atoms with E-state index in [0.29, 0.717) is 16.9 Å². The lowest BCUT2D eigenvalue weighted by atomic mass is 10.1. The van der Waals surface area contributed by atoms with Gasteiger partial charge in [-0.1, -0.05) is 19.1 Å². The van der Waals surface area contributed by atoms with E-state index < -0.39 is 0 Å². The van der Waals surface area contributed by atoms with E-state index in [-0.39, 0.29) is 36.8 Å². The Labute approximate surface area is 165 Å². The highest BCUT2D eigenvalue weighted by molar-refractivity contribution is 6.12. The van der Waals surface area contributed by atoms with E-state index in [1.807, 2.05) is 23.7 Å². The van der Waals surface area contributed by atoms with Crippen LogP contribution in [0.3, 0.4) is 0 Å². The van der Waals surface area contributed by atoms with Crippen LogP contribution in [-0.2, 0) is 0 Å². The number of pyridine rings is 1. The van der Waals surface area contributed by atoms with Crippen LogP contribution >= 0.6 is 24.8 Å². The van der Waals surface area contributed by atoms with Crippen molar-refractivity contribution in [2.24, 2.45) is 0 Å². The Balaban J connectivity index is 0.00000169. The highest BCUT2D eigenvalue weighted by atomic mass is 35.5. The predicted octanol–water partition coefficient (Wildman–Crippen LogP) is 4.39. The number of fused-ring (bicyclic) bond motifs is 1. The topological polar surface area (TPSA) is 85.8 Å². The lowest BCUT2D eigenvalue weighted by Crippen LogP contribution is -2.14. The fraction of sp³-hybridized carbons (Fsp3) is 0.278. The van der Waals surface area contributed by atoms with Crippen molar-refractivity contribution in [3.63, 3.8) is 0 Å². The molecule has 0 bridgehead atoms. The number of aromatic nitrogens is 3. The van der Waals surface area contributed by atoms with Crippen LogP contribution in [0.4, 0.5) is 11.4 Å². The molecule has 0 aliphatic heterocycles. The standard InChI is InChI=1S/C18H21N5O.2ClH/c1-4-12(3)23-17-14(10-20-23)13(9-11(2)21-17)18(24)22-16-8-6-5-7-15(16)19;;/h5-10,12H,4,19H2,1-3H3,(H,22,24);2*1H. The molecule has 2 heterocycles. The van der Waals surface area contributed by atoms with Crippen LogP contribution in [0.5, 0.6) is 0 Å². The molecule has 3 rings (SSSR count). The number of nitrogen functional groups attached to an aromatic ring is 1. The SMILES string of the molecule is CCC(C)n1ncc2c(C(=O)Nc3ccccc3N)cc(C)nc21.Cl.Cl. The number of amides is 1. The van der Waals surface area contributed by atoms with Crippen LogP contribution in [0.15, 0.2) is 36.5 Å². The zero-order chi connectivity index (χ0) is 17.3. The van der Waals surface area contributed by atoms with Gasteiger partial charge in [-0.25, -0.2) is 9.67 Å². The molecule has 26 heavy (non-hydrogen) atoms. The molecule has 1 unspecified atom stereocenters. The van der Waals surface area contributed by atoms with Gasteiger partial charge in [-0.05, 0) is 38.5 Å². The molecule has 0 fully saturated rings. The molecule has 6 nitrogen and oxygen atoms in total. The van der Waals surface area contributed by atoms with Crippen LogP contribution in [0.2, 0.25) is 0 Å². The van der Waals surface area contributed by atoms with Crippen LogP contribution in [0.25, 0.3) is 11.0 Å². The van der Waals surface area contributed by atoms with Gasteiger partial charge in [0.25, 0.3) is 5.91 Å². The molecule has 1 amide bonds. The normalized spacial score (nSPS) is 11.3. The first kappa shape index (κ1) is 21.7. The van der Waals surface area contributed by atoms with Crippen molar-refractivity contribution < 1.29 is 4.79 Å². The van der Waals surface area contributed by atoms with Crippen LogP contribution < -0.4 is 11.1 Å². The molecule has 0 aliphatic rings. The van der Waals surface area contributed by atoms with Gasteiger partial charge in [0.2, 0.25) is 0 Å². The molecule has 140 valence electrons. The second kappa shape index (κ2) is 8.87. The number of benzene rings is 1. The van der Waals surface area contributed by atoms with Crippen LogP contribution in [0, 0.1) is 6.92 Å². The molecule has 1 aromatic carbocycles. The highest BCUT2D eigenvalue weighted by Crippen LogP contribution is 2.24. The monoisotopic (exact) mass is 395 g/mol. The van der Waals surface area contributed by atoms with Gasteiger partial charge in [-0.3, -0.25) is 4.79 Å².